The predicted molar refractivity (Wildman–Crippen MR) is 149 cm³/mol. The summed E-state index contributed by atoms with van der Waals surface area (Å²) in [5.41, 5.74) is 4.48. The number of carboxylic acids is 1. The maximum atomic E-state index is 13.5. The molecule has 1 aliphatic heterocycles. The summed E-state index contributed by atoms with van der Waals surface area (Å²) in [5, 5.41) is 14.2. The van der Waals surface area contributed by atoms with Gasteiger partial charge in [-0.2, -0.15) is 5.10 Å². The minimum absolute atomic E-state index is 0.0876. The van der Waals surface area contributed by atoms with Gasteiger partial charge in [-0.3, -0.25) is 9.69 Å². The second-order valence-electron chi connectivity index (χ2n) is 8.27. The molecule has 7 nitrogen and oxygen atoms in total. The van der Waals surface area contributed by atoms with E-state index >= 15 is 0 Å². The van der Waals surface area contributed by atoms with Crippen molar-refractivity contribution in [3.63, 3.8) is 0 Å². The lowest BCUT2D eigenvalue weighted by molar-refractivity contribution is -0.113. The van der Waals surface area contributed by atoms with E-state index in [0.717, 1.165) is 28.1 Å². The van der Waals surface area contributed by atoms with Crippen LogP contribution in [0, 0.1) is 6.92 Å². The molecule has 1 saturated heterocycles. The fraction of sp³-hybridized carbons (Fsp3) is 0.0714. The van der Waals surface area contributed by atoms with Crippen molar-refractivity contribution in [3.05, 3.63) is 101 Å². The van der Waals surface area contributed by atoms with Gasteiger partial charge < -0.3 is 9.84 Å². The summed E-state index contributed by atoms with van der Waals surface area (Å²) in [5.74, 6) is -0.652. The molecule has 0 spiro atoms. The van der Waals surface area contributed by atoms with E-state index in [1.807, 2.05) is 67.7 Å². The lowest BCUT2D eigenvalue weighted by Gasteiger charge is -2.17. The highest BCUT2D eigenvalue weighted by molar-refractivity contribution is 8.27. The average Bonchev–Trinajstić information content (AvgIpc) is 3.45. The van der Waals surface area contributed by atoms with Crippen LogP contribution < -0.4 is 9.64 Å². The Labute approximate surface area is 223 Å². The molecule has 0 unspecified atom stereocenters. The summed E-state index contributed by atoms with van der Waals surface area (Å²) >= 11 is 6.72. The standard InChI is InChI=1S/C28H21N3O4S2/c1-17-8-9-19(27(33)34)14-23(17)31-26(32)24(37-28(31)36)15-20-16-30(21-6-4-3-5-7-21)29-25(20)18-10-12-22(35-2)13-11-18/h3-16H,1-2H3,(H,33,34)/b24-15-. The minimum atomic E-state index is -1.07. The Morgan fingerprint density at radius 1 is 1.08 bits per heavy atom. The topological polar surface area (TPSA) is 84.7 Å². The molecule has 1 fully saturated rings. The summed E-state index contributed by atoms with van der Waals surface area (Å²) in [6.45, 7) is 1.81. The zero-order valence-corrected chi connectivity index (χ0v) is 21.5. The highest BCUT2D eigenvalue weighted by atomic mass is 32.2. The van der Waals surface area contributed by atoms with Gasteiger partial charge in [-0.25, -0.2) is 9.48 Å². The number of carboxylic acid groups (broad SMARTS) is 1. The molecule has 5 rings (SSSR count). The number of rotatable bonds is 6. The molecular weight excluding hydrogens is 506 g/mol. The van der Waals surface area contributed by atoms with E-state index < -0.39 is 5.97 Å². The van der Waals surface area contributed by atoms with Crippen molar-refractivity contribution in [1.29, 1.82) is 0 Å². The number of nitrogens with zero attached hydrogens (tertiary/aromatic N) is 3. The van der Waals surface area contributed by atoms with Crippen LogP contribution >= 0.6 is 24.0 Å². The molecule has 1 aromatic heterocycles. The number of aryl methyl sites for hydroxylation is 1. The van der Waals surface area contributed by atoms with Crippen LogP contribution in [0.1, 0.15) is 21.5 Å². The van der Waals surface area contributed by atoms with Crippen LogP contribution in [0.15, 0.2) is 83.9 Å². The highest BCUT2D eigenvalue weighted by Gasteiger charge is 2.35. The van der Waals surface area contributed by atoms with Crippen LogP contribution in [-0.4, -0.2) is 38.2 Å². The van der Waals surface area contributed by atoms with E-state index in [1.165, 1.54) is 28.8 Å². The van der Waals surface area contributed by atoms with E-state index in [9.17, 15) is 14.7 Å². The van der Waals surface area contributed by atoms with Crippen molar-refractivity contribution in [3.8, 4) is 22.7 Å². The Hall–Kier alpha value is -4.21. The van der Waals surface area contributed by atoms with E-state index in [1.54, 1.807) is 23.9 Å². The summed E-state index contributed by atoms with van der Waals surface area (Å²) in [6, 6.07) is 21.9. The van der Waals surface area contributed by atoms with E-state index in [2.05, 4.69) is 0 Å². The zero-order chi connectivity index (χ0) is 26.1. The Bertz CT molecular complexity index is 1560. The molecule has 0 bridgehead atoms. The van der Waals surface area contributed by atoms with Gasteiger partial charge in [0.1, 0.15) is 5.75 Å². The molecule has 0 atom stereocenters. The molecule has 0 saturated carbocycles. The van der Waals surface area contributed by atoms with Gasteiger partial charge in [0, 0.05) is 17.3 Å². The number of ether oxygens (including phenoxy) is 1. The SMILES string of the molecule is COc1ccc(-c2nn(-c3ccccc3)cc2/C=C2\SC(=S)N(c3cc(C(=O)O)ccc3C)C2=O)cc1. The number of hydrogen-bond donors (Lipinski definition) is 1. The van der Waals surface area contributed by atoms with Crippen molar-refractivity contribution < 1.29 is 19.4 Å². The Balaban J connectivity index is 1.58. The average molecular weight is 528 g/mol. The van der Waals surface area contributed by atoms with Crippen molar-refractivity contribution in [1.82, 2.24) is 9.78 Å². The van der Waals surface area contributed by atoms with Gasteiger partial charge in [-0.05, 0) is 67.1 Å². The molecule has 0 aliphatic carbocycles. The molecule has 4 aromatic rings. The number of amides is 1. The molecule has 184 valence electrons. The van der Waals surface area contributed by atoms with Crippen LogP contribution in [0.5, 0.6) is 5.75 Å². The van der Waals surface area contributed by atoms with Crippen LogP contribution in [0.25, 0.3) is 23.0 Å². The fourth-order valence-electron chi connectivity index (χ4n) is 3.98. The molecule has 2 heterocycles. The number of para-hydroxylation sites is 1. The van der Waals surface area contributed by atoms with Crippen LogP contribution in [0.2, 0.25) is 0 Å². The number of hydrogen-bond acceptors (Lipinski definition) is 6. The monoisotopic (exact) mass is 527 g/mol. The van der Waals surface area contributed by atoms with Crippen molar-refractivity contribution in [2.45, 2.75) is 6.92 Å². The number of carbonyl (C=O) groups excluding carboxylic acids is 1. The number of aromatic carboxylic acids is 1. The number of thiocarbonyl (C=S) groups is 1. The van der Waals surface area contributed by atoms with Crippen molar-refractivity contribution >= 4 is 51.9 Å². The maximum absolute atomic E-state index is 13.5. The first kappa shape index (κ1) is 24.5. The van der Waals surface area contributed by atoms with Crippen LogP contribution in [0.4, 0.5) is 5.69 Å². The molecular formula is C28H21N3O4S2. The third kappa shape index (κ3) is 4.78. The van der Waals surface area contributed by atoms with Crippen LogP contribution in [-0.2, 0) is 4.79 Å². The second kappa shape index (κ2) is 10.0. The number of aromatic nitrogens is 2. The van der Waals surface area contributed by atoms with Gasteiger partial charge in [-0.1, -0.05) is 48.2 Å². The van der Waals surface area contributed by atoms with E-state index in [0.29, 0.717) is 20.6 Å². The lowest BCUT2D eigenvalue weighted by atomic mass is 10.1. The minimum Gasteiger partial charge on any atom is -0.497 e. The van der Waals surface area contributed by atoms with Crippen LogP contribution in [0.3, 0.4) is 0 Å². The van der Waals surface area contributed by atoms with Gasteiger partial charge in [0.15, 0.2) is 4.32 Å². The Morgan fingerprint density at radius 2 is 1.81 bits per heavy atom. The number of thioether (sulfide) groups is 1. The molecule has 3 aromatic carbocycles. The fourth-order valence-corrected chi connectivity index (χ4v) is 5.25. The quantitative estimate of drug-likeness (QED) is 0.245. The smallest absolute Gasteiger partial charge is 0.335 e. The third-order valence-electron chi connectivity index (χ3n) is 5.90. The lowest BCUT2D eigenvalue weighted by Crippen LogP contribution is -2.28. The third-order valence-corrected chi connectivity index (χ3v) is 7.21. The van der Waals surface area contributed by atoms with Gasteiger partial charge >= 0.3 is 5.97 Å². The first-order valence-electron chi connectivity index (χ1n) is 11.3. The Morgan fingerprint density at radius 3 is 2.49 bits per heavy atom. The zero-order valence-electron chi connectivity index (χ0n) is 19.9. The van der Waals surface area contributed by atoms with Gasteiger partial charge in [-0.15, -0.1) is 0 Å². The second-order valence-corrected chi connectivity index (χ2v) is 9.94. The normalized spacial score (nSPS) is 14.4. The summed E-state index contributed by atoms with van der Waals surface area (Å²) in [6.07, 6.45) is 3.65. The van der Waals surface area contributed by atoms with Crippen molar-refractivity contribution in [2.24, 2.45) is 0 Å². The van der Waals surface area contributed by atoms with Gasteiger partial charge in [0.2, 0.25) is 0 Å². The summed E-state index contributed by atoms with van der Waals surface area (Å²) in [7, 11) is 1.61. The molecule has 37 heavy (non-hydrogen) atoms. The number of carbonyl (C=O) groups is 2. The number of benzene rings is 3. The first-order valence-corrected chi connectivity index (χ1v) is 12.5. The summed E-state index contributed by atoms with van der Waals surface area (Å²) in [4.78, 5) is 26.8. The molecule has 1 aliphatic rings. The molecule has 9 heteroatoms. The van der Waals surface area contributed by atoms with Gasteiger partial charge in [0.05, 0.1) is 34.6 Å². The van der Waals surface area contributed by atoms with E-state index in [4.69, 9.17) is 22.1 Å². The molecule has 0 radical (unpaired) electrons. The maximum Gasteiger partial charge on any atom is 0.335 e. The highest BCUT2D eigenvalue weighted by Crippen LogP contribution is 2.39. The van der Waals surface area contributed by atoms with E-state index in [-0.39, 0.29) is 11.5 Å². The Kier molecular flexibility index (Phi) is 6.64. The largest absolute Gasteiger partial charge is 0.497 e. The van der Waals surface area contributed by atoms with Crippen molar-refractivity contribution in [2.75, 3.05) is 12.0 Å². The molecule has 1 amide bonds. The summed E-state index contributed by atoms with van der Waals surface area (Å²) < 4.78 is 7.39. The van der Waals surface area contributed by atoms with Gasteiger partial charge in [0.25, 0.3) is 5.91 Å². The predicted octanol–water partition coefficient (Wildman–Crippen LogP) is 5.96. The first-order chi connectivity index (χ1) is 17.9. The number of anilines is 1. The number of methoxy groups -OCH3 is 1. The molecule has 1 N–H and O–H groups in total.